The smallest absolute Gasteiger partial charge is 0.338 e. The number of benzene rings is 1. The molecule has 1 aromatic heterocycles. The van der Waals surface area contributed by atoms with Gasteiger partial charge in [0, 0.05) is 29.4 Å². The first-order chi connectivity index (χ1) is 16.6. The Morgan fingerprint density at radius 3 is 2.68 bits per heavy atom. The standard InChI is InChI=1S/C25H27N3O4S2/c1-3-32-24(30)21-16(2)26-25-28(22(21)19-5-4-14-33-19)23(29)20(34-25)15-17-6-8-18(9-7-17)27-10-12-31-13-11-27/h4-9,14-15,22,25-26H,3,10-13H2,1-2H3/b20-15-. The zero-order valence-electron chi connectivity index (χ0n) is 19.2. The summed E-state index contributed by atoms with van der Waals surface area (Å²) in [4.78, 5) is 32.1. The van der Waals surface area contributed by atoms with Crippen LogP contribution < -0.4 is 10.2 Å². The maximum atomic E-state index is 13.6. The molecule has 0 radical (unpaired) electrons. The number of rotatable bonds is 5. The van der Waals surface area contributed by atoms with Gasteiger partial charge in [-0.1, -0.05) is 30.0 Å². The topological polar surface area (TPSA) is 71.1 Å². The Bertz CT molecular complexity index is 1120. The van der Waals surface area contributed by atoms with Gasteiger partial charge in [-0.05, 0) is 49.1 Å². The van der Waals surface area contributed by atoms with Crippen LogP contribution in [-0.4, -0.2) is 55.2 Å². The van der Waals surface area contributed by atoms with E-state index in [0.717, 1.165) is 48.1 Å². The van der Waals surface area contributed by atoms with Crippen molar-refractivity contribution in [1.82, 2.24) is 10.2 Å². The van der Waals surface area contributed by atoms with Crippen LogP contribution in [0.4, 0.5) is 5.69 Å². The minimum absolute atomic E-state index is 0.0903. The summed E-state index contributed by atoms with van der Waals surface area (Å²) in [7, 11) is 0. The zero-order valence-corrected chi connectivity index (χ0v) is 20.8. The van der Waals surface area contributed by atoms with Crippen LogP contribution in [0.1, 0.15) is 30.3 Å². The van der Waals surface area contributed by atoms with Gasteiger partial charge in [-0.25, -0.2) is 4.79 Å². The Morgan fingerprint density at radius 1 is 1.24 bits per heavy atom. The molecule has 34 heavy (non-hydrogen) atoms. The van der Waals surface area contributed by atoms with E-state index in [4.69, 9.17) is 9.47 Å². The fourth-order valence-corrected chi connectivity index (χ4v) is 6.52. The van der Waals surface area contributed by atoms with Gasteiger partial charge in [0.25, 0.3) is 5.91 Å². The van der Waals surface area contributed by atoms with Crippen molar-refractivity contribution in [3.8, 4) is 0 Å². The average molecular weight is 498 g/mol. The quantitative estimate of drug-likeness (QED) is 0.495. The number of carbonyl (C=O) groups is 2. The number of esters is 1. The summed E-state index contributed by atoms with van der Waals surface area (Å²) in [6.45, 7) is 7.20. The average Bonchev–Trinajstić information content (AvgIpc) is 3.48. The molecular weight excluding hydrogens is 470 g/mol. The highest BCUT2D eigenvalue weighted by Crippen LogP contribution is 2.47. The van der Waals surface area contributed by atoms with E-state index >= 15 is 0 Å². The summed E-state index contributed by atoms with van der Waals surface area (Å²) >= 11 is 3.02. The summed E-state index contributed by atoms with van der Waals surface area (Å²) in [6.07, 6.45) is 1.93. The van der Waals surface area contributed by atoms with Crippen molar-refractivity contribution in [1.29, 1.82) is 0 Å². The van der Waals surface area contributed by atoms with Crippen LogP contribution in [0.3, 0.4) is 0 Å². The number of carbonyl (C=O) groups excluding carboxylic acids is 2. The summed E-state index contributed by atoms with van der Waals surface area (Å²) < 4.78 is 10.8. The number of ether oxygens (including phenoxy) is 2. The SMILES string of the molecule is CCOC(=O)C1=C(C)NC2S/C(=C\c3ccc(N4CCOCC4)cc3)C(=O)N2C1c1cccs1. The van der Waals surface area contributed by atoms with E-state index in [0.29, 0.717) is 10.5 Å². The van der Waals surface area contributed by atoms with Gasteiger partial charge in [-0.15, -0.1) is 11.3 Å². The van der Waals surface area contributed by atoms with Crippen LogP contribution >= 0.6 is 23.1 Å². The Morgan fingerprint density at radius 2 is 2.00 bits per heavy atom. The molecule has 178 valence electrons. The van der Waals surface area contributed by atoms with E-state index < -0.39 is 12.0 Å². The van der Waals surface area contributed by atoms with Crippen LogP contribution in [-0.2, 0) is 19.1 Å². The molecule has 2 unspecified atom stereocenters. The van der Waals surface area contributed by atoms with Crippen LogP contribution in [0.15, 0.2) is 58.0 Å². The Balaban J connectivity index is 1.42. The fourth-order valence-electron chi connectivity index (χ4n) is 4.47. The predicted octanol–water partition coefficient (Wildman–Crippen LogP) is 3.97. The number of hydrogen-bond donors (Lipinski definition) is 1. The molecule has 0 saturated carbocycles. The summed E-state index contributed by atoms with van der Waals surface area (Å²) in [5.41, 5.74) is 3.08. The lowest BCUT2D eigenvalue weighted by molar-refractivity contribution is -0.140. The van der Waals surface area contributed by atoms with Crippen molar-refractivity contribution >= 4 is 46.7 Å². The van der Waals surface area contributed by atoms with Gasteiger partial charge in [0.1, 0.15) is 6.04 Å². The van der Waals surface area contributed by atoms with E-state index in [1.54, 1.807) is 11.8 Å². The number of allylic oxidation sites excluding steroid dienone is 1. The molecule has 0 spiro atoms. The van der Waals surface area contributed by atoms with E-state index in [9.17, 15) is 9.59 Å². The zero-order chi connectivity index (χ0) is 23.7. The lowest BCUT2D eigenvalue weighted by atomic mass is 9.99. The van der Waals surface area contributed by atoms with Crippen molar-refractivity contribution in [3.63, 3.8) is 0 Å². The molecule has 3 aliphatic heterocycles. The molecule has 2 fully saturated rings. The van der Waals surface area contributed by atoms with Crippen LogP contribution in [0.25, 0.3) is 6.08 Å². The molecule has 0 aliphatic carbocycles. The van der Waals surface area contributed by atoms with Gasteiger partial charge in [0.05, 0.1) is 30.3 Å². The lowest BCUT2D eigenvalue weighted by Gasteiger charge is -2.38. The number of thioether (sulfide) groups is 1. The van der Waals surface area contributed by atoms with E-state index in [1.165, 1.54) is 23.1 Å². The number of anilines is 1. The van der Waals surface area contributed by atoms with E-state index in [1.807, 2.05) is 42.6 Å². The predicted molar refractivity (Wildman–Crippen MR) is 135 cm³/mol. The molecule has 9 heteroatoms. The summed E-state index contributed by atoms with van der Waals surface area (Å²) in [5, 5.41) is 5.31. The first-order valence-electron chi connectivity index (χ1n) is 11.4. The van der Waals surface area contributed by atoms with Crippen molar-refractivity contribution < 1.29 is 19.1 Å². The third-order valence-electron chi connectivity index (χ3n) is 6.11. The maximum Gasteiger partial charge on any atom is 0.338 e. The monoisotopic (exact) mass is 497 g/mol. The third kappa shape index (κ3) is 4.35. The number of nitrogens with zero attached hydrogens (tertiary/aromatic N) is 2. The van der Waals surface area contributed by atoms with Gasteiger partial charge in [-0.3, -0.25) is 9.69 Å². The minimum atomic E-state index is -0.472. The van der Waals surface area contributed by atoms with Crippen molar-refractivity contribution in [2.24, 2.45) is 0 Å². The Kier molecular flexibility index (Phi) is 6.67. The van der Waals surface area contributed by atoms with Crippen LogP contribution in [0.5, 0.6) is 0 Å². The number of hydrogen-bond acceptors (Lipinski definition) is 8. The van der Waals surface area contributed by atoms with Crippen molar-refractivity contribution in [2.75, 3.05) is 37.8 Å². The highest BCUT2D eigenvalue weighted by molar-refractivity contribution is 8.05. The first-order valence-corrected chi connectivity index (χ1v) is 13.1. The summed E-state index contributed by atoms with van der Waals surface area (Å²) in [5.74, 6) is -0.481. The largest absolute Gasteiger partial charge is 0.463 e. The molecule has 0 bridgehead atoms. The molecule has 7 nitrogen and oxygen atoms in total. The van der Waals surface area contributed by atoms with Gasteiger partial charge in [0.15, 0.2) is 5.50 Å². The highest BCUT2D eigenvalue weighted by atomic mass is 32.2. The molecule has 2 aromatic rings. The van der Waals surface area contributed by atoms with Crippen LogP contribution in [0.2, 0.25) is 0 Å². The molecule has 1 N–H and O–H groups in total. The molecule has 2 saturated heterocycles. The second-order valence-electron chi connectivity index (χ2n) is 8.20. The second-order valence-corrected chi connectivity index (χ2v) is 10.3. The lowest BCUT2D eigenvalue weighted by Crippen LogP contribution is -2.49. The van der Waals surface area contributed by atoms with Gasteiger partial charge >= 0.3 is 5.97 Å². The maximum absolute atomic E-state index is 13.6. The summed E-state index contributed by atoms with van der Waals surface area (Å²) in [6, 6.07) is 11.7. The molecule has 3 aliphatic rings. The van der Waals surface area contributed by atoms with Crippen molar-refractivity contribution in [2.45, 2.75) is 25.4 Å². The number of thiophene rings is 1. The molecule has 2 atom stereocenters. The van der Waals surface area contributed by atoms with Gasteiger partial charge < -0.3 is 19.7 Å². The number of nitrogens with one attached hydrogen (secondary N) is 1. The van der Waals surface area contributed by atoms with Crippen LogP contribution in [0, 0.1) is 0 Å². The first kappa shape index (κ1) is 23.0. The van der Waals surface area contributed by atoms with Gasteiger partial charge in [0.2, 0.25) is 0 Å². The van der Waals surface area contributed by atoms with E-state index in [-0.39, 0.29) is 18.0 Å². The third-order valence-corrected chi connectivity index (χ3v) is 8.15. The Labute approximate surface area is 207 Å². The fraction of sp³-hybridized carbons (Fsp3) is 0.360. The molecule has 1 amide bonds. The normalized spacial score (nSPS) is 23.8. The Hall–Kier alpha value is -2.75. The van der Waals surface area contributed by atoms with E-state index in [2.05, 4.69) is 22.3 Å². The molecular formula is C25H27N3O4S2. The minimum Gasteiger partial charge on any atom is -0.463 e. The number of morpholine rings is 1. The van der Waals surface area contributed by atoms with Gasteiger partial charge in [-0.2, -0.15) is 0 Å². The highest BCUT2D eigenvalue weighted by Gasteiger charge is 2.48. The molecule has 1 aromatic carbocycles. The number of fused-ring (bicyclic) bond motifs is 1. The second kappa shape index (κ2) is 9.85. The number of amides is 1. The molecule has 4 heterocycles. The molecule has 5 rings (SSSR count). The van der Waals surface area contributed by atoms with Crippen molar-refractivity contribution in [3.05, 3.63) is 68.4 Å².